The molecule has 0 bridgehead atoms. The predicted molar refractivity (Wildman–Crippen MR) is 129 cm³/mol. The van der Waals surface area contributed by atoms with Crippen LogP contribution < -0.4 is 19.1 Å². The van der Waals surface area contributed by atoms with Crippen molar-refractivity contribution < 1.29 is 19.0 Å². The van der Waals surface area contributed by atoms with Gasteiger partial charge in [0.25, 0.3) is 5.91 Å². The fraction of sp³-hybridized carbons (Fsp3) is 0.480. The lowest BCUT2D eigenvalue weighted by Crippen LogP contribution is -2.48. The number of carbonyl (C=O) groups is 1. The van der Waals surface area contributed by atoms with Gasteiger partial charge in [0.1, 0.15) is 5.75 Å². The van der Waals surface area contributed by atoms with Crippen molar-refractivity contribution in [1.29, 1.82) is 0 Å². The first-order valence-corrected chi connectivity index (χ1v) is 11.6. The van der Waals surface area contributed by atoms with Crippen LogP contribution in [0.1, 0.15) is 37.6 Å². The molecule has 0 radical (unpaired) electrons. The van der Waals surface area contributed by atoms with E-state index in [1.165, 1.54) is 0 Å². The minimum absolute atomic E-state index is 0.0586. The van der Waals surface area contributed by atoms with Crippen molar-refractivity contribution in [3.63, 3.8) is 0 Å². The maximum Gasteiger partial charge on any atom is 0.254 e. The van der Waals surface area contributed by atoms with Crippen LogP contribution in [0.2, 0.25) is 5.02 Å². The van der Waals surface area contributed by atoms with E-state index in [-0.39, 0.29) is 5.91 Å². The smallest absolute Gasteiger partial charge is 0.254 e. The third-order valence-electron chi connectivity index (χ3n) is 5.49. The third-order valence-corrected chi connectivity index (χ3v) is 5.77. The average molecular weight is 461 g/mol. The highest BCUT2D eigenvalue weighted by Crippen LogP contribution is 2.37. The maximum absolute atomic E-state index is 13.2. The zero-order valence-electron chi connectivity index (χ0n) is 19.4. The van der Waals surface area contributed by atoms with E-state index >= 15 is 0 Å². The molecular formula is C25H33ClN2O4. The normalized spacial score (nSPS) is 13.9. The first kappa shape index (κ1) is 24.1. The fourth-order valence-electron chi connectivity index (χ4n) is 3.71. The van der Waals surface area contributed by atoms with Crippen molar-refractivity contribution in [2.45, 2.75) is 27.2 Å². The Morgan fingerprint density at radius 2 is 1.78 bits per heavy atom. The van der Waals surface area contributed by atoms with E-state index in [2.05, 4.69) is 24.8 Å². The third kappa shape index (κ3) is 5.80. The van der Waals surface area contributed by atoms with Crippen LogP contribution in [-0.4, -0.2) is 57.3 Å². The zero-order valence-corrected chi connectivity index (χ0v) is 20.2. The Morgan fingerprint density at radius 3 is 2.44 bits per heavy atom. The monoisotopic (exact) mass is 460 g/mol. The summed E-state index contributed by atoms with van der Waals surface area (Å²) in [6, 6.07) is 11.4. The number of methoxy groups -OCH3 is 1. The SMILES string of the molecule is CCOc1ccccc1N1CCN(C(=O)c2cc(Cl)c(OCCC(C)C)c(OC)c2)CC1. The lowest BCUT2D eigenvalue weighted by atomic mass is 10.1. The summed E-state index contributed by atoms with van der Waals surface area (Å²) in [5.74, 6) is 2.31. The van der Waals surface area contributed by atoms with E-state index in [0.717, 1.165) is 30.9 Å². The number of carbonyl (C=O) groups excluding carboxylic acids is 1. The molecule has 0 spiro atoms. The molecule has 1 saturated heterocycles. The van der Waals surface area contributed by atoms with E-state index in [0.29, 0.717) is 54.3 Å². The lowest BCUT2D eigenvalue weighted by Gasteiger charge is -2.36. The molecule has 32 heavy (non-hydrogen) atoms. The van der Waals surface area contributed by atoms with Crippen LogP contribution in [-0.2, 0) is 0 Å². The summed E-state index contributed by atoms with van der Waals surface area (Å²) in [6.07, 6.45) is 0.914. The minimum atomic E-state index is -0.0586. The van der Waals surface area contributed by atoms with Gasteiger partial charge in [-0.25, -0.2) is 0 Å². The molecule has 6 nitrogen and oxygen atoms in total. The van der Waals surface area contributed by atoms with Gasteiger partial charge in [0.15, 0.2) is 11.5 Å². The van der Waals surface area contributed by atoms with Crippen LogP contribution >= 0.6 is 11.6 Å². The molecule has 1 heterocycles. The summed E-state index contributed by atoms with van der Waals surface area (Å²) in [4.78, 5) is 17.3. The molecule has 1 aliphatic heterocycles. The summed E-state index contributed by atoms with van der Waals surface area (Å²) in [5.41, 5.74) is 1.57. The minimum Gasteiger partial charge on any atom is -0.493 e. The van der Waals surface area contributed by atoms with E-state index in [1.807, 2.05) is 30.0 Å². The number of nitrogens with zero attached hydrogens (tertiary/aromatic N) is 2. The standard InChI is InChI=1S/C25H33ClN2O4/c1-5-31-22-9-7-6-8-21(22)27-11-13-28(14-12-27)25(29)19-16-20(26)24(23(17-19)30-4)32-15-10-18(2)3/h6-9,16-18H,5,10-15H2,1-4H3. The molecule has 2 aromatic carbocycles. The average Bonchev–Trinajstić information content (AvgIpc) is 2.80. The Balaban J connectivity index is 1.68. The molecule has 0 unspecified atom stereocenters. The number of hydrogen-bond acceptors (Lipinski definition) is 5. The zero-order chi connectivity index (χ0) is 23.1. The van der Waals surface area contributed by atoms with Gasteiger partial charge in [-0.05, 0) is 43.5 Å². The summed E-state index contributed by atoms with van der Waals surface area (Å²) in [6.45, 7) is 10.1. The Bertz CT molecular complexity index is 911. The molecule has 1 aliphatic rings. The van der Waals surface area contributed by atoms with Crippen LogP contribution in [0.3, 0.4) is 0 Å². The number of rotatable bonds is 9. The fourth-order valence-corrected chi connectivity index (χ4v) is 3.97. The number of benzene rings is 2. The van der Waals surface area contributed by atoms with Gasteiger partial charge in [-0.1, -0.05) is 37.6 Å². The predicted octanol–water partition coefficient (Wildman–Crippen LogP) is 5.13. The van der Waals surface area contributed by atoms with Crippen molar-refractivity contribution in [2.24, 2.45) is 5.92 Å². The van der Waals surface area contributed by atoms with Gasteiger partial charge in [0, 0.05) is 31.7 Å². The summed E-state index contributed by atoms with van der Waals surface area (Å²) < 4.78 is 17.1. The van der Waals surface area contributed by atoms with Crippen LogP contribution in [0, 0.1) is 5.92 Å². The molecule has 0 aromatic heterocycles. The van der Waals surface area contributed by atoms with Crippen molar-refractivity contribution in [3.8, 4) is 17.2 Å². The molecule has 3 rings (SSSR count). The molecule has 0 saturated carbocycles. The van der Waals surface area contributed by atoms with Gasteiger partial charge in [-0.15, -0.1) is 0 Å². The van der Waals surface area contributed by atoms with Gasteiger partial charge in [-0.2, -0.15) is 0 Å². The van der Waals surface area contributed by atoms with Crippen molar-refractivity contribution in [1.82, 2.24) is 4.90 Å². The van der Waals surface area contributed by atoms with Crippen LogP contribution in [0.15, 0.2) is 36.4 Å². The summed E-state index contributed by atoms with van der Waals surface area (Å²) in [7, 11) is 1.56. The molecule has 1 amide bonds. The van der Waals surface area contributed by atoms with Crippen LogP contribution in [0.25, 0.3) is 0 Å². The Kier molecular flexibility index (Phi) is 8.51. The van der Waals surface area contributed by atoms with Crippen molar-refractivity contribution in [2.75, 3.05) is 51.4 Å². The molecule has 0 N–H and O–H groups in total. The van der Waals surface area contributed by atoms with Crippen LogP contribution in [0.5, 0.6) is 17.2 Å². The van der Waals surface area contributed by atoms with E-state index in [9.17, 15) is 4.79 Å². The van der Waals surface area contributed by atoms with Gasteiger partial charge >= 0.3 is 0 Å². The second-order valence-electron chi connectivity index (χ2n) is 8.20. The van der Waals surface area contributed by atoms with Crippen molar-refractivity contribution >= 4 is 23.2 Å². The van der Waals surface area contributed by atoms with Gasteiger partial charge in [-0.3, -0.25) is 4.79 Å². The van der Waals surface area contributed by atoms with Crippen LogP contribution in [0.4, 0.5) is 5.69 Å². The topological polar surface area (TPSA) is 51.2 Å². The number of para-hydroxylation sites is 2. The molecule has 0 atom stereocenters. The largest absolute Gasteiger partial charge is 0.493 e. The highest BCUT2D eigenvalue weighted by Gasteiger charge is 2.25. The van der Waals surface area contributed by atoms with Gasteiger partial charge in [0.05, 0.1) is 31.0 Å². The van der Waals surface area contributed by atoms with Gasteiger partial charge in [0.2, 0.25) is 0 Å². The van der Waals surface area contributed by atoms with Gasteiger partial charge < -0.3 is 24.0 Å². The highest BCUT2D eigenvalue weighted by atomic mass is 35.5. The number of hydrogen-bond donors (Lipinski definition) is 0. The second kappa shape index (κ2) is 11.3. The number of anilines is 1. The molecular weight excluding hydrogens is 428 g/mol. The van der Waals surface area contributed by atoms with E-state index in [1.54, 1.807) is 19.2 Å². The number of halogens is 1. The Hall–Kier alpha value is -2.60. The first-order valence-electron chi connectivity index (χ1n) is 11.2. The summed E-state index contributed by atoms with van der Waals surface area (Å²) in [5, 5.41) is 0.390. The number of amides is 1. The Labute approximate surface area is 196 Å². The Morgan fingerprint density at radius 1 is 1.06 bits per heavy atom. The quantitative estimate of drug-likeness (QED) is 0.519. The first-order chi connectivity index (χ1) is 15.4. The molecule has 1 fully saturated rings. The maximum atomic E-state index is 13.2. The lowest BCUT2D eigenvalue weighted by molar-refractivity contribution is 0.0746. The highest BCUT2D eigenvalue weighted by molar-refractivity contribution is 6.32. The number of ether oxygens (including phenoxy) is 3. The number of piperazine rings is 1. The van der Waals surface area contributed by atoms with E-state index < -0.39 is 0 Å². The second-order valence-corrected chi connectivity index (χ2v) is 8.61. The molecule has 174 valence electrons. The molecule has 2 aromatic rings. The van der Waals surface area contributed by atoms with Crippen molar-refractivity contribution in [3.05, 3.63) is 47.0 Å². The molecule has 7 heteroatoms. The molecule has 0 aliphatic carbocycles. The summed E-state index contributed by atoms with van der Waals surface area (Å²) >= 11 is 6.46. The van der Waals surface area contributed by atoms with E-state index in [4.69, 9.17) is 25.8 Å².